The molecule has 1 aliphatic rings. The highest BCUT2D eigenvalue weighted by atomic mass is 16.5. The van der Waals surface area contributed by atoms with Gasteiger partial charge in [0, 0.05) is 26.2 Å². The normalized spacial score (nSPS) is 23.6. The van der Waals surface area contributed by atoms with E-state index >= 15 is 0 Å². The Kier molecular flexibility index (Phi) is 4.24. The number of aromatic nitrogens is 2. The quantitative estimate of drug-likeness (QED) is 0.821. The van der Waals surface area contributed by atoms with Crippen LogP contribution in [0.2, 0.25) is 0 Å². The van der Waals surface area contributed by atoms with Gasteiger partial charge < -0.3 is 15.2 Å². The highest BCUT2D eigenvalue weighted by Crippen LogP contribution is 2.27. The summed E-state index contributed by atoms with van der Waals surface area (Å²) in [6.45, 7) is 3.03. The predicted molar refractivity (Wildman–Crippen MR) is 69.6 cm³/mol. The topological polar surface area (TPSA) is 59.3 Å². The van der Waals surface area contributed by atoms with E-state index in [1.165, 1.54) is 6.42 Å². The molecule has 0 bridgehead atoms. The zero-order chi connectivity index (χ0) is 13.1. The third kappa shape index (κ3) is 2.52. The number of aliphatic hydroxyl groups excluding tert-OH is 1. The summed E-state index contributed by atoms with van der Waals surface area (Å²) in [6.07, 6.45) is 3.47. The number of nitrogens with zero attached hydrogens (tertiary/aromatic N) is 2. The smallest absolute Gasteiger partial charge is 0.216 e. The molecule has 0 radical (unpaired) electrons. The first-order valence-electron chi connectivity index (χ1n) is 6.58. The predicted octanol–water partition coefficient (Wildman–Crippen LogP) is 0.988. The Morgan fingerprint density at radius 3 is 2.94 bits per heavy atom. The molecule has 0 aromatic carbocycles. The molecule has 5 heteroatoms. The van der Waals surface area contributed by atoms with Crippen LogP contribution in [0.3, 0.4) is 0 Å². The largest absolute Gasteiger partial charge is 0.481 e. The summed E-state index contributed by atoms with van der Waals surface area (Å²) in [7, 11) is 3.56. The minimum Gasteiger partial charge on any atom is -0.481 e. The number of aryl methyl sites for hydroxylation is 2. The van der Waals surface area contributed by atoms with Crippen molar-refractivity contribution in [2.24, 2.45) is 13.0 Å². The van der Waals surface area contributed by atoms with E-state index in [1.54, 1.807) is 11.8 Å². The van der Waals surface area contributed by atoms with Crippen LogP contribution in [-0.4, -0.2) is 34.6 Å². The summed E-state index contributed by atoms with van der Waals surface area (Å²) >= 11 is 0. The van der Waals surface area contributed by atoms with E-state index in [1.807, 2.05) is 14.0 Å². The SMILES string of the molecule is COc1c(CNC2CCCC2CO)c(C)nn1C. The van der Waals surface area contributed by atoms with Gasteiger partial charge in [-0.05, 0) is 25.7 Å². The summed E-state index contributed by atoms with van der Waals surface area (Å²) in [5.74, 6) is 1.21. The summed E-state index contributed by atoms with van der Waals surface area (Å²) in [5, 5.41) is 17.2. The van der Waals surface area contributed by atoms with Crippen molar-refractivity contribution in [2.75, 3.05) is 13.7 Å². The molecule has 2 atom stereocenters. The minimum absolute atomic E-state index is 0.279. The molecule has 2 rings (SSSR count). The van der Waals surface area contributed by atoms with Gasteiger partial charge in [0.1, 0.15) is 0 Å². The van der Waals surface area contributed by atoms with Crippen LogP contribution < -0.4 is 10.1 Å². The third-order valence-corrected chi connectivity index (χ3v) is 3.92. The molecule has 1 fully saturated rings. The first-order chi connectivity index (χ1) is 8.67. The lowest BCUT2D eigenvalue weighted by Crippen LogP contribution is -2.33. The standard InChI is InChI=1S/C13H23N3O2/c1-9-11(13(18-3)16(2)15-9)7-14-12-6-4-5-10(12)8-17/h10,12,14,17H,4-8H2,1-3H3. The van der Waals surface area contributed by atoms with Gasteiger partial charge in [0.05, 0.1) is 18.4 Å². The summed E-state index contributed by atoms with van der Waals surface area (Å²) in [6, 6.07) is 0.416. The molecule has 0 aliphatic heterocycles. The Morgan fingerprint density at radius 2 is 2.28 bits per heavy atom. The number of aliphatic hydroxyl groups is 1. The number of hydrogen-bond acceptors (Lipinski definition) is 4. The van der Waals surface area contributed by atoms with E-state index in [9.17, 15) is 5.11 Å². The van der Waals surface area contributed by atoms with Crippen molar-refractivity contribution in [3.8, 4) is 5.88 Å². The average molecular weight is 253 g/mol. The molecule has 1 aliphatic carbocycles. The van der Waals surface area contributed by atoms with E-state index in [-0.39, 0.29) is 6.61 Å². The second kappa shape index (κ2) is 5.71. The van der Waals surface area contributed by atoms with Crippen LogP contribution in [0.4, 0.5) is 0 Å². The van der Waals surface area contributed by atoms with Crippen molar-refractivity contribution in [1.29, 1.82) is 0 Å². The van der Waals surface area contributed by atoms with Gasteiger partial charge in [0.15, 0.2) is 0 Å². The maximum atomic E-state index is 9.31. The van der Waals surface area contributed by atoms with E-state index in [2.05, 4.69) is 10.4 Å². The molecule has 1 aromatic heterocycles. The van der Waals surface area contributed by atoms with Gasteiger partial charge in [-0.2, -0.15) is 5.10 Å². The molecular formula is C13H23N3O2. The zero-order valence-corrected chi connectivity index (χ0v) is 11.4. The van der Waals surface area contributed by atoms with Crippen molar-refractivity contribution in [3.05, 3.63) is 11.3 Å². The van der Waals surface area contributed by atoms with Crippen LogP contribution in [0.1, 0.15) is 30.5 Å². The molecule has 0 spiro atoms. The molecule has 2 unspecified atom stereocenters. The third-order valence-electron chi connectivity index (χ3n) is 3.92. The van der Waals surface area contributed by atoms with E-state index in [0.717, 1.165) is 36.5 Å². The molecule has 2 N–H and O–H groups in total. The molecule has 1 heterocycles. The zero-order valence-electron chi connectivity index (χ0n) is 11.4. The molecule has 5 nitrogen and oxygen atoms in total. The van der Waals surface area contributed by atoms with Gasteiger partial charge in [0.2, 0.25) is 5.88 Å². The van der Waals surface area contributed by atoms with Gasteiger partial charge >= 0.3 is 0 Å². The Morgan fingerprint density at radius 1 is 1.50 bits per heavy atom. The van der Waals surface area contributed by atoms with Crippen LogP contribution in [0.15, 0.2) is 0 Å². The van der Waals surface area contributed by atoms with Gasteiger partial charge in [-0.3, -0.25) is 0 Å². The van der Waals surface area contributed by atoms with Crippen molar-refractivity contribution in [3.63, 3.8) is 0 Å². The molecule has 0 amide bonds. The highest BCUT2D eigenvalue weighted by Gasteiger charge is 2.26. The maximum Gasteiger partial charge on any atom is 0.216 e. The highest BCUT2D eigenvalue weighted by molar-refractivity contribution is 5.30. The average Bonchev–Trinajstić information content (AvgIpc) is 2.90. The fourth-order valence-electron chi connectivity index (χ4n) is 2.90. The van der Waals surface area contributed by atoms with Crippen molar-refractivity contribution in [2.45, 2.75) is 38.8 Å². The van der Waals surface area contributed by atoms with Crippen LogP contribution in [-0.2, 0) is 13.6 Å². The molecule has 1 aromatic rings. The van der Waals surface area contributed by atoms with E-state index in [0.29, 0.717) is 12.0 Å². The first-order valence-corrected chi connectivity index (χ1v) is 6.58. The maximum absolute atomic E-state index is 9.31. The lowest BCUT2D eigenvalue weighted by molar-refractivity contribution is 0.205. The van der Waals surface area contributed by atoms with Crippen molar-refractivity contribution in [1.82, 2.24) is 15.1 Å². The molecule has 1 saturated carbocycles. The van der Waals surface area contributed by atoms with Gasteiger partial charge in [-0.15, -0.1) is 0 Å². The first kappa shape index (κ1) is 13.4. The van der Waals surface area contributed by atoms with Gasteiger partial charge in [0.25, 0.3) is 0 Å². The number of rotatable bonds is 5. The number of ether oxygens (including phenoxy) is 1. The van der Waals surface area contributed by atoms with Gasteiger partial charge in [-0.1, -0.05) is 6.42 Å². The lowest BCUT2D eigenvalue weighted by Gasteiger charge is -2.19. The van der Waals surface area contributed by atoms with E-state index in [4.69, 9.17) is 4.74 Å². The van der Waals surface area contributed by atoms with Crippen molar-refractivity contribution < 1.29 is 9.84 Å². The van der Waals surface area contributed by atoms with E-state index < -0.39 is 0 Å². The van der Waals surface area contributed by atoms with Crippen LogP contribution >= 0.6 is 0 Å². The molecule has 102 valence electrons. The fraction of sp³-hybridized carbons (Fsp3) is 0.769. The molecule has 18 heavy (non-hydrogen) atoms. The minimum atomic E-state index is 0.279. The second-order valence-electron chi connectivity index (χ2n) is 5.06. The van der Waals surface area contributed by atoms with Crippen molar-refractivity contribution >= 4 is 0 Å². The lowest BCUT2D eigenvalue weighted by atomic mass is 10.0. The number of hydrogen-bond donors (Lipinski definition) is 2. The number of nitrogens with one attached hydrogen (secondary N) is 1. The Hall–Kier alpha value is -1.07. The molecule has 0 saturated heterocycles. The fourth-order valence-corrected chi connectivity index (χ4v) is 2.90. The monoisotopic (exact) mass is 253 g/mol. The van der Waals surface area contributed by atoms with Crippen LogP contribution in [0.25, 0.3) is 0 Å². The summed E-state index contributed by atoms with van der Waals surface area (Å²) in [4.78, 5) is 0. The van der Waals surface area contributed by atoms with Crippen LogP contribution in [0, 0.1) is 12.8 Å². The number of methoxy groups -OCH3 is 1. The Labute approximate surface area is 108 Å². The Bertz CT molecular complexity index is 403. The summed E-state index contributed by atoms with van der Waals surface area (Å²) in [5.41, 5.74) is 2.11. The Balaban J connectivity index is 2.01. The molecular weight excluding hydrogens is 230 g/mol. The summed E-state index contributed by atoms with van der Waals surface area (Å²) < 4.78 is 7.14. The second-order valence-corrected chi connectivity index (χ2v) is 5.06. The van der Waals surface area contributed by atoms with Gasteiger partial charge in [-0.25, -0.2) is 4.68 Å². The van der Waals surface area contributed by atoms with Crippen LogP contribution in [0.5, 0.6) is 5.88 Å².